The molecule has 1 amide bonds. The molecule has 1 saturated carbocycles. The monoisotopic (exact) mass is 303 g/mol. The number of ether oxygens (including phenoxy) is 2. The fourth-order valence-corrected chi connectivity index (χ4v) is 4.01. The topological polar surface area (TPSA) is 47.6 Å². The summed E-state index contributed by atoms with van der Waals surface area (Å²) in [5, 5.41) is 3.23. The fourth-order valence-electron chi connectivity index (χ4n) is 4.01. The highest BCUT2D eigenvalue weighted by Crippen LogP contribution is 2.51. The maximum Gasteiger partial charge on any atom is 0.251 e. The highest BCUT2D eigenvalue weighted by molar-refractivity contribution is 5.94. The summed E-state index contributed by atoms with van der Waals surface area (Å²) in [6.07, 6.45) is 2.52. The molecule has 0 spiro atoms. The van der Waals surface area contributed by atoms with Crippen LogP contribution in [-0.4, -0.2) is 31.8 Å². The number of amides is 1. The summed E-state index contributed by atoms with van der Waals surface area (Å²) in [5.74, 6) is 0.454. The van der Waals surface area contributed by atoms with Gasteiger partial charge in [0.05, 0.1) is 12.7 Å². The number of carbonyl (C=O) groups is 1. The maximum absolute atomic E-state index is 12.6. The van der Waals surface area contributed by atoms with Crippen molar-refractivity contribution in [2.45, 2.75) is 45.4 Å². The zero-order valence-corrected chi connectivity index (χ0v) is 13.6. The average Bonchev–Trinajstić information content (AvgIpc) is 2.53. The predicted molar refractivity (Wildman–Crippen MR) is 84.7 cm³/mol. The Morgan fingerprint density at radius 3 is 3.05 bits per heavy atom. The lowest BCUT2D eigenvalue weighted by Crippen LogP contribution is -2.70. The third kappa shape index (κ3) is 2.66. The summed E-state index contributed by atoms with van der Waals surface area (Å²) < 4.78 is 11.0. The zero-order chi connectivity index (χ0) is 15.7. The average molecular weight is 303 g/mol. The van der Waals surface area contributed by atoms with Crippen molar-refractivity contribution >= 4 is 5.91 Å². The second kappa shape index (κ2) is 6.01. The largest absolute Gasteiger partial charge is 0.380 e. The Morgan fingerprint density at radius 2 is 2.27 bits per heavy atom. The van der Waals surface area contributed by atoms with Crippen LogP contribution in [0.2, 0.25) is 0 Å². The molecular weight excluding hydrogens is 278 g/mol. The van der Waals surface area contributed by atoms with E-state index in [1.165, 1.54) is 0 Å². The van der Waals surface area contributed by atoms with E-state index in [4.69, 9.17) is 9.47 Å². The second-order valence-electron chi connectivity index (χ2n) is 7.00. The van der Waals surface area contributed by atoms with Gasteiger partial charge < -0.3 is 14.8 Å². The molecule has 4 nitrogen and oxygen atoms in total. The van der Waals surface area contributed by atoms with Crippen molar-refractivity contribution in [1.29, 1.82) is 0 Å². The van der Waals surface area contributed by atoms with E-state index in [9.17, 15) is 4.79 Å². The Balaban J connectivity index is 1.70. The van der Waals surface area contributed by atoms with E-state index in [0.717, 1.165) is 25.0 Å². The highest BCUT2D eigenvalue weighted by atomic mass is 16.5. The number of rotatable bonds is 4. The molecule has 1 aliphatic heterocycles. The summed E-state index contributed by atoms with van der Waals surface area (Å²) in [4.78, 5) is 12.6. The van der Waals surface area contributed by atoms with Crippen molar-refractivity contribution in [1.82, 2.24) is 5.32 Å². The lowest BCUT2D eigenvalue weighted by Gasteiger charge is -2.59. The van der Waals surface area contributed by atoms with Crippen molar-refractivity contribution in [3.05, 3.63) is 35.4 Å². The van der Waals surface area contributed by atoms with Crippen molar-refractivity contribution in [2.24, 2.45) is 11.3 Å². The van der Waals surface area contributed by atoms with Crippen LogP contribution in [0.15, 0.2) is 24.3 Å². The number of fused-ring (bicyclic) bond motifs is 1. The molecule has 1 N–H and O–H groups in total. The maximum atomic E-state index is 12.6. The Kier molecular flexibility index (Phi) is 4.24. The second-order valence-corrected chi connectivity index (χ2v) is 7.00. The number of hydrogen-bond donors (Lipinski definition) is 1. The molecule has 0 aromatic heterocycles. The summed E-state index contributed by atoms with van der Waals surface area (Å²) in [6, 6.07) is 7.82. The molecule has 1 saturated heterocycles. The lowest BCUT2D eigenvalue weighted by atomic mass is 9.55. The van der Waals surface area contributed by atoms with Crippen LogP contribution >= 0.6 is 0 Å². The highest BCUT2D eigenvalue weighted by Gasteiger charge is 2.58. The molecule has 3 atom stereocenters. The smallest absolute Gasteiger partial charge is 0.251 e. The van der Waals surface area contributed by atoms with Gasteiger partial charge in [0, 0.05) is 36.7 Å². The molecule has 120 valence electrons. The van der Waals surface area contributed by atoms with Crippen LogP contribution in [0.4, 0.5) is 0 Å². The molecule has 0 bridgehead atoms. The molecule has 0 radical (unpaired) electrons. The Morgan fingerprint density at radius 1 is 1.45 bits per heavy atom. The van der Waals surface area contributed by atoms with Crippen LogP contribution < -0.4 is 5.32 Å². The first-order valence-electron chi connectivity index (χ1n) is 8.04. The van der Waals surface area contributed by atoms with E-state index in [1.807, 2.05) is 24.3 Å². The predicted octanol–water partition coefficient (Wildman–Crippen LogP) is 2.77. The molecule has 1 aromatic carbocycles. The summed E-state index contributed by atoms with van der Waals surface area (Å²) in [5.41, 5.74) is 1.72. The van der Waals surface area contributed by atoms with Gasteiger partial charge in [-0.3, -0.25) is 4.79 Å². The van der Waals surface area contributed by atoms with Crippen molar-refractivity contribution < 1.29 is 14.3 Å². The summed E-state index contributed by atoms with van der Waals surface area (Å²) in [6.45, 7) is 5.75. The minimum atomic E-state index is 0.0000477. The van der Waals surface area contributed by atoms with Crippen molar-refractivity contribution in [3.8, 4) is 0 Å². The SMILES string of the molecule is COCc1cccc(C(=O)NC2C3CCCOC3C2(C)C)c1. The standard InChI is InChI=1S/C18H25NO3/c1-18(2)15(14-8-5-9-22-16(14)18)19-17(20)13-7-4-6-12(10-13)11-21-3/h4,6-7,10,14-16H,5,8-9,11H2,1-3H3,(H,19,20). The van der Waals surface area contributed by atoms with Gasteiger partial charge in [0.15, 0.2) is 0 Å². The first-order valence-corrected chi connectivity index (χ1v) is 8.04. The third-order valence-electron chi connectivity index (χ3n) is 5.12. The van der Waals surface area contributed by atoms with Gasteiger partial charge in [0.2, 0.25) is 0 Å². The minimum absolute atomic E-state index is 0.0000477. The summed E-state index contributed by atoms with van der Waals surface area (Å²) in [7, 11) is 1.66. The van der Waals surface area contributed by atoms with E-state index in [1.54, 1.807) is 7.11 Å². The van der Waals surface area contributed by atoms with Gasteiger partial charge in [-0.25, -0.2) is 0 Å². The molecule has 22 heavy (non-hydrogen) atoms. The molecule has 1 aliphatic carbocycles. The number of benzene rings is 1. The van der Waals surface area contributed by atoms with Gasteiger partial charge in [-0.2, -0.15) is 0 Å². The molecule has 2 fully saturated rings. The Hall–Kier alpha value is -1.39. The number of nitrogens with one attached hydrogen (secondary N) is 1. The van der Waals surface area contributed by atoms with Gasteiger partial charge in [-0.15, -0.1) is 0 Å². The Labute approximate surface area is 132 Å². The van der Waals surface area contributed by atoms with Crippen LogP contribution in [0.25, 0.3) is 0 Å². The zero-order valence-electron chi connectivity index (χ0n) is 13.6. The van der Waals surface area contributed by atoms with Crippen LogP contribution in [0, 0.1) is 11.3 Å². The molecule has 1 aromatic rings. The van der Waals surface area contributed by atoms with E-state index < -0.39 is 0 Å². The first kappa shape index (κ1) is 15.5. The Bertz CT molecular complexity index is 555. The molecule has 3 unspecified atom stereocenters. The van der Waals surface area contributed by atoms with Crippen LogP contribution in [-0.2, 0) is 16.1 Å². The van der Waals surface area contributed by atoms with E-state index in [2.05, 4.69) is 19.2 Å². The first-order chi connectivity index (χ1) is 10.5. The van der Waals surface area contributed by atoms with Gasteiger partial charge >= 0.3 is 0 Å². The van der Waals surface area contributed by atoms with Crippen LogP contribution in [0.5, 0.6) is 0 Å². The number of carbonyl (C=O) groups excluding carboxylic acids is 1. The van der Waals surface area contributed by atoms with E-state index >= 15 is 0 Å². The molecule has 4 heteroatoms. The molecule has 1 heterocycles. The van der Waals surface area contributed by atoms with Gasteiger partial charge in [0.25, 0.3) is 5.91 Å². The quantitative estimate of drug-likeness (QED) is 0.930. The van der Waals surface area contributed by atoms with Crippen molar-refractivity contribution in [3.63, 3.8) is 0 Å². The van der Waals surface area contributed by atoms with Crippen LogP contribution in [0.3, 0.4) is 0 Å². The minimum Gasteiger partial charge on any atom is -0.380 e. The van der Waals surface area contributed by atoms with Crippen molar-refractivity contribution in [2.75, 3.05) is 13.7 Å². The lowest BCUT2D eigenvalue weighted by molar-refractivity contribution is -0.189. The van der Waals surface area contributed by atoms with Crippen LogP contribution in [0.1, 0.15) is 42.6 Å². The molecule has 2 aliphatic rings. The van der Waals surface area contributed by atoms with Gasteiger partial charge in [0.1, 0.15) is 0 Å². The van der Waals surface area contributed by atoms with E-state index in [0.29, 0.717) is 18.1 Å². The fraction of sp³-hybridized carbons (Fsp3) is 0.611. The normalized spacial score (nSPS) is 29.3. The number of hydrogen-bond acceptors (Lipinski definition) is 3. The molecular formula is C18H25NO3. The van der Waals surface area contributed by atoms with Gasteiger partial charge in [-0.1, -0.05) is 26.0 Å². The van der Waals surface area contributed by atoms with E-state index in [-0.39, 0.29) is 23.5 Å². The summed E-state index contributed by atoms with van der Waals surface area (Å²) >= 11 is 0. The number of methoxy groups -OCH3 is 1. The van der Waals surface area contributed by atoms with Gasteiger partial charge in [-0.05, 0) is 30.5 Å². The molecule has 3 rings (SSSR count). The third-order valence-corrected chi connectivity index (χ3v) is 5.12.